The smallest absolute Gasteiger partial charge is 0.226 e. The molecule has 1 atom stereocenters. The maximum atomic E-state index is 10.6. The second-order valence-corrected chi connectivity index (χ2v) is 2.52. The second-order valence-electron chi connectivity index (χ2n) is 2.52. The zero-order chi connectivity index (χ0) is 9.14. The van der Waals surface area contributed by atoms with Crippen LogP contribution in [0.1, 0.15) is 6.92 Å². The summed E-state index contributed by atoms with van der Waals surface area (Å²) < 4.78 is 0. The largest absolute Gasteiger partial charge is 0.355 e. The van der Waals surface area contributed by atoms with Gasteiger partial charge >= 0.3 is 0 Å². The molecule has 0 aromatic heterocycles. The average molecular weight is 169 g/mol. The molecule has 0 saturated carbocycles. The van der Waals surface area contributed by atoms with Crippen molar-refractivity contribution in [3.63, 3.8) is 0 Å². The van der Waals surface area contributed by atoms with Crippen molar-refractivity contribution < 1.29 is 9.90 Å². The third-order valence-electron chi connectivity index (χ3n) is 1.39. The number of hydrogen-bond acceptors (Lipinski definition) is 4. The van der Waals surface area contributed by atoms with E-state index in [2.05, 4.69) is 10.3 Å². The highest BCUT2D eigenvalue weighted by atomic mass is 16.3. The summed E-state index contributed by atoms with van der Waals surface area (Å²) in [5, 5.41) is 11.7. The van der Waals surface area contributed by atoms with Gasteiger partial charge in [-0.3, -0.25) is 4.79 Å². The monoisotopic (exact) mass is 169 g/mol. The van der Waals surface area contributed by atoms with E-state index >= 15 is 0 Å². The van der Waals surface area contributed by atoms with Gasteiger partial charge in [-0.15, -0.1) is 0 Å². The molecule has 1 heterocycles. The Balaban J connectivity index is 2.63. The van der Waals surface area contributed by atoms with E-state index in [1.54, 1.807) is 19.3 Å². The zero-order valence-electron chi connectivity index (χ0n) is 6.98. The molecule has 0 saturated heterocycles. The predicted octanol–water partition coefficient (Wildman–Crippen LogP) is -0.744. The Morgan fingerprint density at radius 1 is 1.83 bits per heavy atom. The van der Waals surface area contributed by atoms with Crippen molar-refractivity contribution in [1.29, 1.82) is 0 Å². The van der Waals surface area contributed by atoms with Gasteiger partial charge < -0.3 is 15.3 Å². The fourth-order valence-corrected chi connectivity index (χ4v) is 0.778. The lowest BCUT2D eigenvalue weighted by atomic mass is 10.4. The van der Waals surface area contributed by atoms with Crippen LogP contribution in [0.3, 0.4) is 0 Å². The molecular weight excluding hydrogens is 158 g/mol. The van der Waals surface area contributed by atoms with E-state index in [1.165, 1.54) is 11.8 Å². The van der Waals surface area contributed by atoms with Gasteiger partial charge in [-0.05, 0) is 6.08 Å². The van der Waals surface area contributed by atoms with Crippen LogP contribution in [-0.2, 0) is 4.79 Å². The van der Waals surface area contributed by atoms with Crippen LogP contribution in [0.2, 0.25) is 0 Å². The van der Waals surface area contributed by atoms with Crippen molar-refractivity contribution in [1.82, 2.24) is 10.2 Å². The minimum Gasteiger partial charge on any atom is -0.355 e. The molecule has 5 heteroatoms. The van der Waals surface area contributed by atoms with E-state index < -0.39 is 6.35 Å². The van der Waals surface area contributed by atoms with Crippen molar-refractivity contribution in [2.24, 2.45) is 4.99 Å². The number of nitrogens with zero attached hydrogens (tertiary/aromatic N) is 2. The fraction of sp³-hybridized carbons (Fsp3) is 0.429. The molecule has 1 aliphatic rings. The molecule has 0 aliphatic carbocycles. The molecule has 0 spiro atoms. The van der Waals surface area contributed by atoms with Gasteiger partial charge in [-0.2, -0.15) is 0 Å². The van der Waals surface area contributed by atoms with Gasteiger partial charge in [0.05, 0.1) is 0 Å². The van der Waals surface area contributed by atoms with Crippen LogP contribution in [0.5, 0.6) is 0 Å². The summed E-state index contributed by atoms with van der Waals surface area (Å²) in [5.41, 5.74) is 0. The Hall–Kier alpha value is -1.36. The summed E-state index contributed by atoms with van der Waals surface area (Å²) >= 11 is 0. The van der Waals surface area contributed by atoms with Crippen molar-refractivity contribution in [3.8, 4) is 0 Å². The molecule has 0 aromatic carbocycles. The van der Waals surface area contributed by atoms with Crippen molar-refractivity contribution in [3.05, 3.63) is 12.3 Å². The molecule has 66 valence electrons. The number of aliphatic hydroxyl groups excluding tert-OH is 1. The van der Waals surface area contributed by atoms with Crippen LogP contribution in [0, 0.1) is 0 Å². The summed E-state index contributed by atoms with van der Waals surface area (Å²) in [6.45, 7) is 1.39. The van der Waals surface area contributed by atoms with Gasteiger partial charge in [0, 0.05) is 20.2 Å². The quantitative estimate of drug-likeness (QED) is 0.501. The van der Waals surface area contributed by atoms with Crippen molar-refractivity contribution in [2.75, 3.05) is 7.05 Å². The number of rotatable bonds is 0. The van der Waals surface area contributed by atoms with E-state index in [1.807, 2.05) is 0 Å². The number of aliphatic imine (C=N–C) groups is 1. The van der Waals surface area contributed by atoms with Crippen LogP contribution in [0.25, 0.3) is 0 Å². The first-order chi connectivity index (χ1) is 5.59. The summed E-state index contributed by atoms with van der Waals surface area (Å²) in [7, 11) is 1.69. The van der Waals surface area contributed by atoms with Crippen LogP contribution in [-0.4, -0.2) is 35.1 Å². The molecule has 0 fully saturated rings. The molecule has 0 aromatic rings. The van der Waals surface area contributed by atoms with E-state index in [4.69, 9.17) is 0 Å². The first-order valence-electron chi connectivity index (χ1n) is 3.53. The number of carbonyl (C=O) groups is 1. The van der Waals surface area contributed by atoms with Crippen molar-refractivity contribution >= 4 is 11.7 Å². The molecule has 1 amide bonds. The molecule has 1 rings (SSSR count). The van der Waals surface area contributed by atoms with Gasteiger partial charge in [-0.1, -0.05) is 0 Å². The molecule has 0 radical (unpaired) electrons. The summed E-state index contributed by atoms with van der Waals surface area (Å²) in [5.74, 6) is 0.184. The Morgan fingerprint density at radius 2 is 2.50 bits per heavy atom. The first kappa shape index (κ1) is 8.73. The highest BCUT2D eigenvalue weighted by molar-refractivity contribution is 6.03. The number of hydrogen-bond donors (Lipinski definition) is 2. The molecule has 1 aliphatic heterocycles. The summed E-state index contributed by atoms with van der Waals surface area (Å²) in [6.07, 6.45) is 2.36. The van der Waals surface area contributed by atoms with Gasteiger partial charge in [0.15, 0.2) is 0 Å². The maximum absolute atomic E-state index is 10.6. The SMILES string of the molecule is CC(=O)NC1=NC(O)N(C)C=C1. The molecular formula is C7H11N3O2. The van der Waals surface area contributed by atoms with E-state index in [-0.39, 0.29) is 5.91 Å². The Bertz CT molecular complexity index is 247. The zero-order valence-corrected chi connectivity index (χ0v) is 6.98. The lowest BCUT2D eigenvalue weighted by Gasteiger charge is -2.22. The highest BCUT2D eigenvalue weighted by Crippen LogP contribution is 2.01. The summed E-state index contributed by atoms with van der Waals surface area (Å²) in [6, 6.07) is 0. The molecule has 5 nitrogen and oxygen atoms in total. The molecule has 12 heavy (non-hydrogen) atoms. The Kier molecular flexibility index (Phi) is 2.44. The number of amidine groups is 1. The topological polar surface area (TPSA) is 64.9 Å². The third kappa shape index (κ3) is 2.06. The second kappa shape index (κ2) is 3.36. The summed E-state index contributed by atoms with van der Waals surface area (Å²) in [4.78, 5) is 15.9. The highest BCUT2D eigenvalue weighted by Gasteiger charge is 2.11. The van der Waals surface area contributed by atoms with E-state index in [0.29, 0.717) is 5.84 Å². The van der Waals surface area contributed by atoms with Gasteiger partial charge in [0.25, 0.3) is 0 Å². The van der Waals surface area contributed by atoms with E-state index in [9.17, 15) is 9.90 Å². The Labute approximate surface area is 70.4 Å². The van der Waals surface area contributed by atoms with Crippen LogP contribution >= 0.6 is 0 Å². The predicted molar refractivity (Wildman–Crippen MR) is 44.2 cm³/mol. The maximum Gasteiger partial charge on any atom is 0.226 e. The Morgan fingerprint density at radius 3 is 3.00 bits per heavy atom. The van der Waals surface area contributed by atoms with Gasteiger partial charge in [-0.25, -0.2) is 4.99 Å². The number of aliphatic hydroxyl groups is 1. The van der Waals surface area contributed by atoms with Crippen LogP contribution in [0.15, 0.2) is 17.3 Å². The van der Waals surface area contributed by atoms with Crippen LogP contribution in [0.4, 0.5) is 0 Å². The van der Waals surface area contributed by atoms with Crippen molar-refractivity contribution in [2.45, 2.75) is 13.3 Å². The minimum atomic E-state index is -0.906. The lowest BCUT2D eigenvalue weighted by molar-refractivity contribution is -0.117. The third-order valence-corrected chi connectivity index (χ3v) is 1.39. The first-order valence-corrected chi connectivity index (χ1v) is 3.53. The standard InChI is InChI=1S/C7H11N3O2/c1-5(11)8-6-3-4-10(2)7(12)9-6/h3-4,7,12H,1-2H3,(H,8,9,11). The molecule has 2 N–H and O–H groups in total. The normalized spacial score (nSPS) is 22.1. The molecule has 0 bridgehead atoms. The number of nitrogens with one attached hydrogen (secondary N) is 1. The van der Waals surface area contributed by atoms with E-state index in [0.717, 1.165) is 0 Å². The number of amides is 1. The molecule has 1 unspecified atom stereocenters. The van der Waals surface area contributed by atoms with Gasteiger partial charge in [0.1, 0.15) is 5.84 Å². The number of carbonyl (C=O) groups excluding carboxylic acids is 1. The van der Waals surface area contributed by atoms with Crippen LogP contribution < -0.4 is 5.32 Å². The minimum absolute atomic E-state index is 0.199. The lowest BCUT2D eigenvalue weighted by Crippen LogP contribution is -2.35. The van der Waals surface area contributed by atoms with Gasteiger partial charge in [0.2, 0.25) is 12.3 Å². The fourth-order valence-electron chi connectivity index (χ4n) is 0.778. The average Bonchev–Trinajstić information content (AvgIpc) is 1.96.